The van der Waals surface area contributed by atoms with Gasteiger partial charge >= 0.3 is 5.97 Å². The van der Waals surface area contributed by atoms with Crippen molar-refractivity contribution < 1.29 is 23.4 Å². The maximum atomic E-state index is 13.1. The number of methoxy groups -OCH3 is 1. The van der Waals surface area contributed by atoms with Crippen molar-refractivity contribution >= 4 is 22.6 Å². The molecule has 0 saturated carbocycles. The topological polar surface area (TPSA) is 108 Å². The maximum Gasteiger partial charge on any atom is 0.356 e. The van der Waals surface area contributed by atoms with E-state index in [1.54, 1.807) is 18.1 Å². The third-order valence-electron chi connectivity index (χ3n) is 6.19. The Bertz CT molecular complexity index is 1170. The lowest BCUT2D eigenvalue weighted by molar-refractivity contribution is 0.0245. The molecule has 0 spiro atoms. The second-order valence-corrected chi connectivity index (χ2v) is 8.29. The third kappa shape index (κ3) is 4.62. The summed E-state index contributed by atoms with van der Waals surface area (Å²) >= 11 is 0. The van der Waals surface area contributed by atoms with Crippen molar-refractivity contribution in [1.82, 2.24) is 19.8 Å². The SMILES string of the molecule is COc1cc(C)c2[nH]ccc2c1CN1CCN(CC(F)F)CC1c1cnc(C(=O)O)c(N)c1. The highest BCUT2D eigenvalue weighted by atomic mass is 19.3. The lowest BCUT2D eigenvalue weighted by atomic mass is 9.99. The lowest BCUT2D eigenvalue weighted by Crippen LogP contribution is -2.49. The predicted octanol–water partition coefficient (Wildman–Crippen LogP) is 3.28. The van der Waals surface area contributed by atoms with E-state index < -0.39 is 12.4 Å². The van der Waals surface area contributed by atoms with Gasteiger partial charge in [0.05, 0.1) is 19.3 Å². The van der Waals surface area contributed by atoms with Gasteiger partial charge in [-0.2, -0.15) is 0 Å². The molecule has 1 aliphatic rings. The molecule has 1 saturated heterocycles. The summed E-state index contributed by atoms with van der Waals surface area (Å²) in [7, 11) is 1.63. The number of ether oxygens (including phenoxy) is 1. The number of hydrogen-bond acceptors (Lipinski definition) is 6. The van der Waals surface area contributed by atoms with Gasteiger partial charge in [-0.1, -0.05) is 0 Å². The number of carboxylic acids is 1. The average molecular weight is 459 g/mol. The average Bonchev–Trinajstić information content (AvgIpc) is 3.26. The molecule has 4 rings (SSSR count). The molecule has 1 unspecified atom stereocenters. The Labute approximate surface area is 190 Å². The van der Waals surface area contributed by atoms with Crippen LogP contribution in [0, 0.1) is 6.92 Å². The Hall–Kier alpha value is -3.24. The van der Waals surface area contributed by atoms with Crippen LogP contribution in [0.25, 0.3) is 10.9 Å². The fourth-order valence-corrected chi connectivity index (χ4v) is 4.59. The Balaban J connectivity index is 1.71. The number of alkyl halides is 2. The van der Waals surface area contributed by atoms with Crippen LogP contribution in [0.2, 0.25) is 0 Å². The number of carbonyl (C=O) groups is 1. The van der Waals surface area contributed by atoms with E-state index in [9.17, 15) is 18.7 Å². The number of H-pyrrole nitrogens is 1. The third-order valence-corrected chi connectivity index (χ3v) is 6.19. The fourth-order valence-electron chi connectivity index (χ4n) is 4.59. The predicted molar refractivity (Wildman–Crippen MR) is 121 cm³/mol. The first-order valence-electron chi connectivity index (χ1n) is 10.6. The first-order valence-corrected chi connectivity index (χ1v) is 10.6. The molecule has 0 bridgehead atoms. The summed E-state index contributed by atoms with van der Waals surface area (Å²) in [5.74, 6) is -0.453. The zero-order chi connectivity index (χ0) is 23.7. The van der Waals surface area contributed by atoms with Crippen LogP contribution >= 0.6 is 0 Å². The van der Waals surface area contributed by atoms with E-state index in [4.69, 9.17) is 10.5 Å². The smallest absolute Gasteiger partial charge is 0.356 e. The normalized spacial score (nSPS) is 17.7. The summed E-state index contributed by atoms with van der Waals surface area (Å²) in [4.78, 5) is 22.5. The number of nitrogen functional groups attached to an aromatic ring is 1. The number of nitrogens with zero attached hydrogens (tertiary/aromatic N) is 3. The number of benzene rings is 1. The van der Waals surface area contributed by atoms with Crippen molar-refractivity contribution in [2.75, 3.05) is 39.0 Å². The van der Waals surface area contributed by atoms with E-state index in [1.165, 1.54) is 6.20 Å². The summed E-state index contributed by atoms with van der Waals surface area (Å²) in [5, 5.41) is 10.3. The van der Waals surface area contributed by atoms with Gasteiger partial charge in [0.25, 0.3) is 6.43 Å². The number of carboxylic acid groups (broad SMARTS) is 1. The van der Waals surface area contributed by atoms with Crippen molar-refractivity contribution in [3.63, 3.8) is 0 Å². The molecule has 1 fully saturated rings. The van der Waals surface area contributed by atoms with Crippen LogP contribution in [0.4, 0.5) is 14.5 Å². The minimum atomic E-state index is -2.44. The number of aromatic amines is 1. The number of aromatic nitrogens is 2. The number of piperazine rings is 1. The minimum absolute atomic E-state index is 0.0480. The fraction of sp³-hybridized carbons (Fsp3) is 0.391. The minimum Gasteiger partial charge on any atom is -0.496 e. The van der Waals surface area contributed by atoms with Crippen molar-refractivity contribution in [3.8, 4) is 5.75 Å². The van der Waals surface area contributed by atoms with Crippen molar-refractivity contribution in [2.45, 2.75) is 25.9 Å². The zero-order valence-electron chi connectivity index (χ0n) is 18.5. The second-order valence-electron chi connectivity index (χ2n) is 8.29. The molecule has 1 atom stereocenters. The first kappa shape index (κ1) is 22.9. The number of halogens is 2. The summed E-state index contributed by atoms with van der Waals surface area (Å²) in [6.45, 7) is 3.59. The number of aryl methyl sites for hydroxylation is 1. The largest absolute Gasteiger partial charge is 0.496 e. The van der Waals surface area contributed by atoms with Gasteiger partial charge < -0.3 is 20.6 Å². The van der Waals surface area contributed by atoms with Crippen LogP contribution in [0.3, 0.4) is 0 Å². The number of anilines is 1. The number of nitrogens with one attached hydrogen (secondary N) is 1. The van der Waals surface area contributed by atoms with Crippen molar-refractivity contribution in [2.24, 2.45) is 0 Å². The molecule has 0 radical (unpaired) electrons. The van der Waals surface area contributed by atoms with Gasteiger partial charge in [0.1, 0.15) is 5.75 Å². The van der Waals surface area contributed by atoms with E-state index in [-0.39, 0.29) is 24.0 Å². The van der Waals surface area contributed by atoms with Crippen LogP contribution < -0.4 is 10.5 Å². The number of fused-ring (bicyclic) bond motifs is 1. The Morgan fingerprint density at radius 2 is 2.18 bits per heavy atom. The molecular weight excluding hydrogens is 432 g/mol. The van der Waals surface area contributed by atoms with Crippen LogP contribution in [-0.2, 0) is 6.54 Å². The van der Waals surface area contributed by atoms with E-state index in [2.05, 4.69) is 14.9 Å². The van der Waals surface area contributed by atoms with E-state index in [0.717, 1.165) is 27.8 Å². The van der Waals surface area contributed by atoms with Gasteiger partial charge in [0.2, 0.25) is 0 Å². The monoisotopic (exact) mass is 459 g/mol. The van der Waals surface area contributed by atoms with Gasteiger partial charge in [0, 0.05) is 61.1 Å². The van der Waals surface area contributed by atoms with Gasteiger partial charge in [-0.3, -0.25) is 9.80 Å². The zero-order valence-corrected chi connectivity index (χ0v) is 18.5. The molecule has 8 nitrogen and oxygen atoms in total. The number of pyridine rings is 1. The molecule has 2 aromatic heterocycles. The molecule has 0 amide bonds. The molecular formula is C23H27F2N5O3. The molecule has 3 aromatic rings. The highest BCUT2D eigenvalue weighted by Crippen LogP contribution is 2.35. The van der Waals surface area contributed by atoms with Gasteiger partial charge in [-0.05, 0) is 36.2 Å². The van der Waals surface area contributed by atoms with Crippen molar-refractivity contribution in [1.29, 1.82) is 0 Å². The second kappa shape index (κ2) is 9.32. The van der Waals surface area contributed by atoms with Gasteiger partial charge in [0.15, 0.2) is 5.69 Å². The highest BCUT2D eigenvalue weighted by Gasteiger charge is 2.31. The Kier molecular flexibility index (Phi) is 6.48. The molecule has 1 aliphatic heterocycles. The molecule has 10 heteroatoms. The number of hydrogen-bond donors (Lipinski definition) is 3. The van der Waals surface area contributed by atoms with Crippen LogP contribution in [-0.4, -0.2) is 70.6 Å². The molecule has 3 heterocycles. The van der Waals surface area contributed by atoms with Crippen LogP contribution in [0.5, 0.6) is 5.75 Å². The summed E-state index contributed by atoms with van der Waals surface area (Å²) in [5.41, 5.74) is 9.54. The van der Waals surface area contributed by atoms with Gasteiger partial charge in [-0.25, -0.2) is 18.6 Å². The number of aromatic carboxylic acids is 1. The lowest BCUT2D eigenvalue weighted by Gasteiger charge is -2.42. The van der Waals surface area contributed by atoms with Crippen LogP contribution in [0.15, 0.2) is 30.6 Å². The van der Waals surface area contributed by atoms with Gasteiger partial charge in [-0.15, -0.1) is 0 Å². The number of nitrogens with two attached hydrogens (primary N) is 1. The standard InChI is InChI=1S/C23H27F2N5O3/c1-13-7-19(33-2)16(15-3-4-27-21(13)15)10-30-6-5-29(12-20(24)25)11-18(30)14-8-17(26)22(23(31)32)28-9-14/h3-4,7-9,18,20,27H,5-6,10-12,26H2,1-2H3,(H,31,32). The van der Waals surface area contributed by atoms with Crippen molar-refractivity contribution in [3.05, 3.63) is 53.0 Å². The van der Waals surface area contributed by atoms with E-state index in [1.807, 2.05) is 25.3 Å². The summed E-state index contributed by atoms with van der Waals surface area (Å²) in [6.07, 6.45) is 0.918. The summed E-state index contributed by atoms with van der Waals surface area (Å²) < 4.78 is 31.9. The highest BCUT2D eigenvalue weighted by molar-refractivity contribution is 5.91. The molecule has 33 heavy (non-hydrogen) atoms. The maximum absolute atomic E-state index is 13.1. The Morgan fingerprint density at radius 1 is 1.39 bits per heavy atom. The first-order chi connectivity index (χ1) is 15.8. The summed E-state index contributed by atoms with van der Waals surface area (Å²) in [6, 6.07) is 5.27. The quantitative estimate of drug-likeness (QED) is 0.498. The van der Waals surface area contributed by atoms with E-state index in [0.29, 0.717) is 31.7 Å². The molecule has 0 aliphatic carbocycles. The molecule has 176 valence electrons. The number of rotatable bonds is 7. The van der Waals surface area contributed by atoms with E-state index >= 15 is 0 Å². The molecule has 1 aromatic carbocycles. The van der Waals surface area contributed by atoms with Crippen LogP contribution in [0.1, 0.15) is 33.2 Å². The molecule has 4 N–H and O–H groups in total. The Morgan fingerprint density at radius 3 is 2.85 bits per heavy atom.